The molecule has 6 heteroatoms. The number of likely N-dealkylation sites (tertiary alicyclic amines) is 1. The van der Waals surface area contributed by atoms with Gasteiger partial charge in [-0.3, -0.25) is 9.59 Å². The fourth-order valence-electron chi connectivity index (χ4n) is 2.53. The highest BCUT2D eigenvalue weighted by Gasteiger charge is 2.25. The van der Waals surface area contributed by atoms with E-state index in [0.717, 1.165) is 12.8 Å². The van der Waals surface area contributed by atoms with Crippen LogP contribution in [-0.4, -0.2) is 41.5 Å². The summed E-state index contributed by atoms with van der Waals surface area (Å²) in [5, 5.41) is 12.3. The maximum Gasteiger partial charge on any atom is 0.256 e. The number of phenols is 1. The minimum absolute atomic E-state index is 0.0268. The molecule has 6 nitrogen and oxygen atoms in total. The second kappa shape index (κ2) is 6.47. The fourth-order valence-corrected chi connectivity index (χ4v) is 2.53. The Bertz CT molecular complexity index is 537. The number of hydrogen-bond acceptors (Lipinski definition) is 4. The van der Waals surface area contributed by atoms with Gasteiger partial charge in [0.2, 0.25) is 5.91 Å². The van der Waals surface area contributed by atoms with E-state index in [4.69, 9.17) is 5.73 Å². The molecule has 0 aliphatic carbocycles. The fraction of sp³-hybridized carbons (Fsp3) is 0.467. The number of carbonyl (C=O) groups is 2. The van der Waals surface area contributed by atoms with Crippen molar-refractivity contribution in [1.29, 1.82) is 0 Å². The number of anilines is 1. The van der Waals surface area contributed by atoms with Gasteiger partial charge >= 0.3 is 0 Å². The van der Waals surface area contributed by atoms with Gasteiger partial charge < -0.3 is 21.1 Å². The van der Waals surface area contributed by atoms with Crippen LogP contribution in [0.3, 0.4) is 0 Å². The smallest absolute Gasteiger partial charge is 0.256 e. The summed E-state index contributed by atoms with van der Waals surface area (Å²) >= 11 is 0. The Morgan fingerprint density at radius 2 is 2.05 bits per heavy atom. The standard InChI is InChI=1S/C15H21N3O3/c1-10(19)17-9-11-4-6-18(7-5-11)15(21)13-8-12(20)2-3-14(13)16/h2-3,8,11,20H,4-7,9,16H2,1H3,(H,17,19). The zero-order valence-corrected chi connectivity index (χ0v) is 12.1. The number of amides is 2. The van der Waals surface area contributed by atoms with Gasteiger partial charge in [0.25, 0.3) is 5.91 Å². The van der Waals surface area contributed by atoms with Gasteiger partial charge in [-0.05, 0) is 37.0 Å². The van der Waals surface area contributed by atoms with E-state index in [-0.39, 0.29) is 17.6 Å². The lowest BCUT2D eigenvalue weighted by Crippen LogP contribution is -2.41. The first-order chi connectivity index (χ1) is 9.97. The number of aromatic hydroxyl groups is 1. The van der Waals surface area contributed by atoms with Crippen molar-refractivity contribution in [3.63, 3.8) is 0 Å². The average molecular weight is 291 g/mol. The topological polar surface area (TPSA) is 95.7 Å². The summed E-state index contributed by atoms with van der Waals surface area (Å²) in [7, 11) is 0. The number of nitrogen functional groups attached to an aromatic ring is 1. The summed E-state index contributed by atoms with van der Waals surface area (Å²) in [6, 6.07) is 4.40. The Balaban J connectivity index is 1.94. The lowest BCUT2D eigenvalue weighted by molar-refractivity contribution is -0.119. The van der Waals surface area contributed by atoms with Crippen LogP contribution in [0, 0.1) is 5.92 Å². The predicted octanol–water partition coefficient (Wildman–Crippen LogP) is 0.963. The van der Waals surface area contributed by atoms with Gasteiger partial charge in [-0.1, -0.05) is 0 Å². The van der Waals surface area contributed by atoms with Gasteiger partial charge in [0.05, 0.1) is 5.56 Å². The molecule has 0 aromatic heterocycles. The Morgan fingerprint density at radius 1 is 1.38 bits per heavy atom. The first-order valence-corrected chi connectivity index (χ1v) is 7.09. The van der Waals surface area contributed by atoms with E-state index in [0.29, 0.717) is 36.8 Å². The Morgan fingerprint density at radius 3 is 2.67 bits per heavy atom. The Kier molecular flexibility index (Phi) is 4.67. The van der Waals surface area contributed by atoms with Crippen LogP contribution in [0.4, 0.5) is 5.69 Å². The summed E-state index contributed by atoms with van der Waals surface area (Å²) in [5.74, 6) is 0.259. The molecule has 1 aliphatic heterocycles. The van der Waals surface area contributed by atoms with E-state index < -0.39 is 0 Å². The van der Waals surface area contributed by atoms with E-state index in [9.17, 15) is 14.7 Å². The minimum atomic E-state index is -0.152. The summed E-state index contributed by atoms with van der Waals surface area (Å²) in [5.41, 5.74) is 6.52. The second-order valence-corrected chi connectivity index (χ2v) is 5.44. The van der Waals surface area contributed by atoms with Crippen LogP contribution in [0.15, 0.2) is 18.2 Å². The van der Waals surface area contributed by atoms with Gasteiger partial charge in [0.1, 0.15) is 5.75 Å². The largest absolute Gasteiger partial charge is 0.508 e. The summed E-state index contributed by atoms with van der Waals surface area (Å²) in [6.07, 6.45) is 1.70. The molecule has 1 aromatic carbocycles. The van der Waals surface area contributed by atoms with E-state index in [1.165, 1.54) is 25.1 Å². The zero-order chi connectivity index (χ0) is 15.4. The molecule has 0 radical (unpaired) electrons. The molecule has 1 fully saturated rings. The average Bonchev–Trinajstić information content (AvgIpc) is 2.47. The number of piperidine rings is 1. The molecule has 4 N–H and O–H groups in total. The normalized spacial score (nSPS) is 15.8. The van der Waals surface area contributed by atoms with Crippen molar-refractivity contribution < 1.29 is 14.7 Å². The van der Waals surface area contributed by atoms with Crippen LogP contribution in [0.5, 0.6) is 5.75 Å². The van der Waals surface area contributed by atoms with Crippen LogP contribution in [0.25, 0.3) is 0 Å². The molecule has 2 rings (SSSR count). The van der Waals surface area contributed by atoms with Crippen molar-refractivity contribution >= 4 is 17.5 Å². The third-order valence-electron chi connectivity index (χ3n) is 3.81. The first kappa shape index (κ1) is 15.2. The third-order valence-corrected chi connectivity index (χ3v) is 3.81. The maximum atomic E-state index is 12.4. The zero-order valence-electron chi connectivity index (χ0n) is 12.1. The Labute approximate surface area is 123 Å². The van der Waals surface area contributed by atoms with E-state index in [1.54, 1.807) is 4.90 Å². The van der Waals surface area contributed by atoms with Crippen molar-refractivity contribution in [2.24, 2.45) is 5.92 Å². The number of phenolic OH excluding ortho intramolecular Hbond substituents is 1. The van der Waals surface area contributed by atoms with Gasteiger partial charge in [-0.25, -0.2) is 0 Å². The SMILES string of the molecule is CC(=O)NCC1CCN(C(=O)c2cc(O)ccc2N)CC1. The highest BCUT2D eigenvalue weighted by atomic mass is 16.3. The van der Waals surface area contributed by atoms with Gasteiger partial charge in [-0.2, -0.15) is 0 Å². The summed E-state index contributed by atoms with van der Waals surface area (Å²) in [6.45, 7) is 3.44. The van der Waals surface area contributed by atoms with Crippen molar-refractivity contribution in [1.82, 2.24) is 10.2 Å². The van der Waals surface area contributed by atoms with E-state index in [1.807, 2.05) is 0 Å². The predicted molar refractivity (Wildman–Crippen MR) is 79.8 cm³/mol. The van der Waals surface area contributed by atoms with Gasteiger partial charge in [-0.15, -0.1) is 0 Å². The number of benzene rings is 1. The van der Waals surface area contributed by atoms with Crippen LogP contribution in [-0.2, 0) is 4.79 Å². The molecule has 1 aliphatic rings. The summed E-state index contributed by atoms with van der Waals surface area (Å²) < 4.78 is 0. The molecular formula is C15H21N3O3. The molecule has 114 valence electrons. The number of hydrogen-bond donors (Lipinski definition) is 3. The number of nitrogens with one attached hydrogen (secondary N) is 1. The quantitative estimate of drug-likeness (QED) is 0.571. The molecule has 2 amide bonds. The number of nitrogens with two attached hydrogens (primary N) is 1. The molecule has 21 heavy (non-hydrogen) atoms. The maximum absolute atomic E-state index is 12.4. The second-order valence-electron chi connectivity index (χ2n) is 5.44. The van der Waals surface area contributed by atoms with Crippen molar-refractivity contribution in [3.05, 3.63) is 23.8 Å². The molecule has 1 heterocycles. The lowest BCUT2D eigenvalue weighted by atomic mass is 9.96. The highest BCUT2D eigenvalue weighted by molar-refractivity contribution is 5.99. The Hall–Kier alpha value is -2.24. The molecule has 0 atom stereocenters. The number of rotatable bonds is 3. The lowest BCUT2D eigenvalue weighted by Gasteiger charge is -2.32. The number of nitrogens with zero attached hydrogens (tertiary/aromatic N) is 1. The molecule has 0 saturated carbocycles. The van der Waals surface area contributed by atoms with Gasteiger partial charge in [0.15, 0.2) is 0 Å². The molecule has 1 saturated heterocycles. The summed E-state index contributed by atoms with van der Waals surface area (Å²) in [4.78, 5) is 25.1. The molecular weight excluding hydrogens is 270 g/mol. The van der Waals surface area contributed by atoms with Crippen LogP contribution < -0.4 is 11.1 Å². The van der Waals surface area contributed by atoms with E-state index >= 15 is 0 Å². The van der Waals surface area contributed by atoms with Crippen molar-refractivity contribution in [2.75, 3.05) is 25.4 Å². The van der Waals surface area contributed by atoms with Crippen LogP contribution >= 0.6 is 0 Å². The monoisotopic (exact) mass is 291 g/mol. The third kappa shape index (κ3) is 3.87. The number of carbonyl (C=O) groups excluding carboxylic acids is 2. The first-order valence-electron chi connectivity index (χ1n) is 7.09. The minimum Gasteiger partial charge on any atom is -0.508 e. The van der Waals surface area contributed by atoms with Crippen LogP contribution in [0.1, 0.15) is 30.1 Å². The van der Waals surface area contributed by atoms with E-state index in [2.05, 4.69) is 5.32 Å². The van der Waals surface area contributed by atoms with Crippen LogP contribution in [0.2, 0.25) is 0 Å². The molecule has 0 bridgehead atoms. The van der Waals surface area contributed by atoms with Crippen molar-refractivity contribution in [2.45, 2.75) is 19.8 Å². The molecule has 0 unspecified atom stereocenters. The molecule has 1 aromatic rings. The molecule has 0 spiro atoms. The van der Waals surface area contributed by atoms with Crippen molar-refractivity contribution in [3.8, 4) is 5.75 Å². The highest BCUT2D eigenvalue weighted by Crippen LogP contribution is 2.23. The van der Waals surface area contributed by atoms with Gasteiger partial charge in [0, 0.05) is 32.2 Å².